The number of nitrogens with one attached hydrogen (secondary N) is 2. The first-order chi connectivity index (χ1) is 11.9. The molecule has 0 bridgehead atoms. The summed E-state index contributed by atoms with van der Waals surface area (Å²) in [6.07, 6.45) is 5.60. The maximum Gasteiger partial charge on any atom is 0.223 e. The molecule has 1 aromatic carbocycles. The van der Waals surface area contributed by atoms with E-state index in [1.807, 2.05) is 12.2 Å². The van der Waals surface area contributed by atoms with Gasteiger partial charge in [-0.3, -0.25) is 9.59 Å². The fraction of sp³-hybridized carbons (Fsp3) is 0.500. The summed E-state index contributed by atoms with van der Waals surface area (Å²) >= 11 is 0. The minimum absolute atomic E-state index is 0.0581. The van der Waals surface area contributed by atoms with Crippen molar-refractivity contribution in [2.75, 3.05) is 0 Å². The molecule has 3 atom stereocenters. The minimum Gasteiger partial charge on any atom is -0.353 e. The lowest BCUT2D eigenvalue weighted by Gasteiger charge is -2.24. The molecule has 0 aliphatic carbocycles. The number of carbonyl (C=O) groups excluding carboxylic acids is 2. The Labute approximate surface area is 148 Å². The molecule has 2 amide bonds. The van der Waals surface area contributed by atoms with Gasteiger partial charge in [0.25, 0.3) is 0 Å². The van der Waals surface area contributed by atoms with Gasteiger partial charge in [-0.25, -0.2) is 4.39 Å². The van der Waals surface area contributed by atoms with Gasteiger partial charge in [-0.05, 0) is 36.5 Å². The SMILES string of the molecule is CC(C)[C@H]1C/C=C\C[C@@H](c2ccc(F)cc2)NC(=O)[C@H](C)CC(=O)N1. The first kappa shape index (κ1) is 19.2. The second kappa shape index (κ2) is 8.79. The van der Waals surface area contributed by atoms with E-state index in [1.54, 1.807) is 19.1 Å². The minimum atomic E-state index is -0.417. The Morgan fingerprint density at radius 2 is 1.68 bits per heavy atom. The second-order valence-corrected chi connectivity index (χ2v) is 7.08. The molecule has 0 unspecified atom stereocenters. The van der Waals surface area contributed by atoms with Crippen LogP contribution in [0, 0.1) is 17.7 Å². The molecule has 2 rings (SSSR count). The molecule has 1 aromatic rings. The van der Waals surface area contributed by atoms with E-state index in [9.17, 15) is 14.0 Å². The fourth-order valence-electron chi connectivity index (χ4n) is 2.90. The smallest absolute Gasteiger partial charge is 0.223 e. The monoisotopic (exact) mass is 346 g/mol. The van der Waals surface area contributed by atoms with Crippen LogP contribution >= 0.6 is 0 Å². The highest BCUT2D eigenvalue weighted by Crippen LogP contribution is 2.20. The summed E-state index contributed by atoms with van der Waals surface area (Å²) in [7, 11) is 0. The zero-order valence-electron chi connectivity index (χ0n) is 15.1. The van der Waals surface area contributed by atoms with Crippen LogP contribution in [0.25, 0.3) is 0 Å². The maximum absolute atomic E-state index is 13.2. The van der Waals surface area contributed by atoms with Crippen molar-refractivity contribution in [3.8, 4) is 0 Å². The highest BCUT2D eigenvalue weighted by molar-refractivity contribution is 5.85. The Kier molecular flexibility index (Phi) is 6.73. The van der Waals surface area contributed by atoms with Gasteiger partial charge in [0.15, 0.2) is 0 Å². The third kappa shape index (κ3) is 5.69. The van der Waals surface area contributed by atoms with E-state index in [0.29, 0.717) is 12.3 Å². The van der Waals surface area contributed by atoms with Crippen molar-refractivity contribution in [3.05, 3.63) is 47.8 Å². The topological polar surface area (TPSA) is 58.2 Å². The molecule has 5 heteroatoms. The Hall–Kier alpha value is -2.17. The Morgan fingerprint density at radius 3 is 2.32 bits per heavy atom. The lowest BCUT2D eigenvalue weighted by molar-refractivity contribution is -0.130. The Balaban J connectivity index is 2.22. The number of rotatable bonds is 2. The van der Waals surface area contributed by atoms with Gasteiger partial charge in [-0.1, -0.05) is 45.1 Å². The molecule has 2 N–H and O–H groups in total. The van der Waals surface area contributed by atoms with Crippen molar-refractivity contribution in [1.82, 2.24) is 10.6 Å². The van der Waals surface area contributed by atoms with Crippen LogP contribution in [0.1, 0.15) is 51.6 Å². The molecule has 0 saturated carbocycles. The molecule has 1 heterocycles. The molecular formula is C20H27FN2O2. The quantitative estimate of drug-likeness (QED) is 0.805. The van der Waals surface area contributed by atoms with Crippen LogP contribution in [-0.4, -0.2) is 17.9 Å². The Bertz CT molecular complexity index is 625. The third-order valence-electron chi connectivity index (χ3n) is 4.61. The van der Waals surface area contributed by atoms with Gasteiger partial charge < -0.3 is 10.6 Å². The van der Waals surface area contributed by atoms with Gasteiger partial charge in [0.1, 0.15) is 5.82 Å². The number of hydrogen-bond acceptors (Lipinski definition) is 2. The summed E-state index contributed by atoms with van der Waals surface area (Å²) in [5.74, 6) is -0.676. The van der Waals surface area contributed by atoms with Crippen molar-refractivity contribution in [2.24, 2.45) is 11.8 Å². The molecular weight excluding hydrogens is 319 g/mol. The van der Waals surface area contributed by atoms with E-state index in [1.165, 1.54) is 12.1 Å². The average Bonchev–Trinajstić information content (AvgIpc) is 2.55. The van der Waals surface area contributed by atoms with Crippen LogP contribution in [0.2, 0.25) is 0 Å². The first-order valence-corrected chi connectivity index (χ1v) is 8.87. The average molecular weight is 346 g/mol. The molecule has 1 aliphatic heterocycles. The van der Waals surface area contributed by atoms with Crippen LogP contribution in [0.15, 0.2) is 36.4 Å². The van der Waals surface area contributed by atoms with Crippen LogP contribution in [-0.2, 0) is 9.59 Å². The van der Waals surface area contributed by atoms with Crippen molar-refractivity contribution in [1.29, 1.82) is 0 Å². The lowest BCUT2D eigenvalue weighted by Crippen LogP contribution is -2.41. The van der Waals surface area contributed by atoms with Gasteiger partial charge in [-0.15, -0.1) is 0 Å². The van der Waals surface area contributed by atoms with E-state index in [-0.39, 0.29) is 36.1 Å². The van der Waals surface area contributed by atoms with E-state index >= 15 is 0 Å². The van der Waals surface area contributed by atoms with Crippen LogP contribution < -0.4 is 10.6 Å². The predicted octanol–water partition coefficient (Wildman–Crippen LogP) is 3.50. The van der Waals surface area contributed by atoms with Crippen LogP contribution in [0.5, 0.6) is 0 Å². The highest BCUT2D eigenvalue weighted by atomic mass is 19.1. The summed E-state index contributed by atoms with van der Waals surface area (Å²) in [6, 6.07) is 6.00. The molecule has 25 heavy (non-hydrogen) atoms. The summed E-state index contributed by atoms with van der Waals surface area (Å²) in [5, 5.41) is 6.00. The number of amides is 2. The number of hydrogen-bond donors (Lipinski definition) is 2. The van der Waals surface area contributed by atoms with Gasteiger partial charge in [0, 0.05) is 18.4 Å². The molecule has 0 fully saturated rings. The highest BCUT2D eigenvalue weighted by Gasteiger charge is 2.23. The van der Waals surface area contributed by atoms with E-state index in [4.69, 9.17) is 0 Å². The largest absolute Gasteiger partial charge is 0.353 e. The summed E-state index contributed by atoms with van der Waals surface area (Å²) in [5.41, 5.74) is 0.855. The van der Waals surface area contributed by atoms with Crippen LogP contribution in [0.3, 0.4) is 0 Å². The van der Waals surface area contributed by atoms with E-state index in [2.05, 4.69) is 24.5 Å². The summed E-state index contributed by atoms with van der Waals surface area (Å²) in [4.78, 5) is 24.7. The predicted molar refractivity (Wildman–Crippen MR) is 96.2 cm³/mol. The number of carbonyl (C=O) groups is 2. The third-order valence-corrected chi connectivity index (χ3v) is 4.61. The molecule has 136 valence electrons. The zero-order chi connectivity index (χ0) is 18.4. The normalized spacial score (nSPS) is 27.0. The molecule has 0 spiro atoms. The van der Waals surface area contributed by atoms with Gasteiger partial charge in [0.05, 0.1) is 6.04 Å². The van der Waals surface area contributed by atoms with E-state index < -0.39 is 5.92 Å². The standard InChI is InChI=1S/C20H27FN2O2/c1-13(2)17-6-4-5-7-18(15-8-10-16(21)11-9-15)23-20(25)14(3)12-19(24)22-17/h4-5,8-11,13-14,17-18H,6-7,12H2,1-3H3,(H,22,24)(H,23,25)/b5-4-/t14-,17-,18+/m1/s1. The zero-order valence-corrected chi connectivity index (χ0v) is 15.1. The second-order valence-electron chi connectivity index (χ2n) is 7.08. The molecule has 0 aromatic heterocycles. The number of halogens is 1. The number of benzene rings is 1. The van der Waals surface area contributed by atoms with Crippen molar-refractivity contribution >= 4 is 11.8 Å². The summed E-state index contributed by atoms with van der Waals surface area (Å²) in [6.45, 7) is 5.90. The molecule has 0 saturated heterocycles. The Morgan fingerprint density at radius 1 is 1.04 bits per heavy atom. The van der Waals surface area contributed by atoms with Gasteiger partial charge in [-0.2, -0.15) is 0 Å². The van der Waals surface area contributed by atoms with E-state index in [0.717, 1.165) is 12.0 Å². The molecule has 1 aliphatic rings. The molecule has 4 nitrogen and oxygen atoms in total. The first-order valence-electron chi connectivity index (χ1n) is 8.87. The maximum atomic E-state index is 13.2. The molecule has 0 radical (unpaired) electrons. The van der Waals surface area contributed by atoms with Gasteiger partial charge in [0.2, 0.25) is 11.8 Å². The van der Waals surface area contributed by atoms with Crippen LogP contribution in [0.4, 0.5) is 4.39 Å². The summed E-state index contributed by atoms with van der Waals surface area (Å²) < 4.78 is 13.2. The fourth-order valence-corrected chi connectivity index (χ4v) is 2.90. The van der Waals surface area contributed by atoms with Gasteiger partial charge >= 0.3 is 0 Å². The van der Waals surface area contributed by atoms with Crippen molar-refractivity contribution in [3.63, 3.8) is 0 Å². The van der Waals surface area contributed by atoms with Crippen molar-refractivity contribution < 1.29 is 14.0 Å². The van der Waals surface area contributed by atoms with Crippen molar-refractivity contribution in [2.45, 2.75) is 52.1 Å². The lowest BCUT2D eigenvalue weighted by atomic mass is 9.96.